The van der Waals surface area contributed by atoms with Crippen molar-refractivity contribution in [3.63, 3.8) is 0 Å². The lowest BCUT2D eigenvalue weighted by Gasteiger charge is -2.36. The number of furan rings is 1. The molecule has 1 saturated heterocycles. The van der Waals surface area contributed by atoms with Gasteiger partial charge < -0.3 is 19.5 Å². The van der Waals surface area contributed by atoms with E-state index in [1.165, 1.54) is 6.26 Å². The normalized spacial score (nSPS) is 15.2. The van der Waals surface area contributed by atoms with Crippen molar-refractivity contribution in [3.05, 3.63) is 40.2 Å². The molecule has 12 heteroatoms. The van der Waals surface area contributed by atoms with Crippen LogP contribution in [0.5, 0.6) is 0 Å². The van der Waals surface area contributed by atoms with Crippen LogP contribution in [0, 0.1) is 0 Å². The first-order chi connectivity index (χ1) is 13.4. The maximum Gasteiger partial charge on any atom is 0.434 e. The molecule has 0 aromatic carbocycles. The lowest BCUT2D eigenvalue weighted by molar-refractivity contribution is -0.140. The fraction of sp³-hybridized carbons (Fsp3) is 0.471. The number of nitrogens with one attached hydrogen (secondary N) is 1. The number of hydrogen-bond acceptors (Lipinski definition) is 5. The molecule has 1 aliphatic heterocycles. The number of guanidine groups is 1. The molecule has 7 nitrogen and oxygen atoms in total. The van der Waals surface area contributed by atoms with Gasteiger partial charge in [-0.2, -0.15) is 13.2 Å². The third-order valence-corrected chi connectivity index (χ3v) is 4.97. The zero-order valence-electron chi connectivity index (χ0n) is 15.6. The van der Waals surface area contributed by atoms with Crippen LogP contribution in [-0.4, -0.2) is 59.4 Å². The van der Waals surface area contributed by atoms with Gasteiger partial charge in [0, 0.05) is 38.1 Å². The Morgan fingerprint density at radius 1 is 1.31 bits per heavy atom. The number of aromatic nitrogens is 1. The van der Waals surface area contributed by atoms with Crippen LogP contribution >= 0.6 is 35.3 Å². The van der Waals surface area contributed by atoms with E-state index in [2.05, 4.69) is 15.3 Å². The van der Waals surface area contributed by atoms with Crippen molar-refractivity contribution >= 4 is 47.2 Å². The monoisotopic (exact) mass is 543 g/mol. The summed E-state index contributed by atoms with van der Waals surface area (Å²) < 4.78 is 43.1. The second-order valence-corrected chi connectivity index (χ2v) is 6.99. The molecule has 0 bridgehead atoms. The van der Waals surface area contributed by atoms with Crippen molar-refractivity contribution in [2.24, 2.45) is 4.99 Å². The summed E-state index contributed by atoms with van der Waals surface area (Å²) in [5, 5.41) is 4.44. The van der Waals surface area contributed by atoms with Crippen molar-refractivity contribution in [2.45, 2.75) is 19.6 Å². The average Bonchev–Trinajstić information content (AvgIpc) is 3.36. The van der Waals surface area contributed by atoms with E-state index in [0.29, 0.717) is 49.5 Å². The summed E-state index contributed by atoms with van der Waals surface area (Å²) in [6.45, 7) is 4.72. The number of alkyl halides is 3. The van der Waals surface area contributed by atoms with Crippen LogP contribution in [0.2, 0.25) is 0 Å². The molecule has 3 rings (SSSR count). The standard InChI is InChI=1S/C17H20F3N5O2S.HI/c1-2-21-16(22-10-14-23-13(11-28-14)17(18,19)20)25-7-5-24(6-8-25)15(26)12-4-3-9-27-12;/h3-4,9,11H,2,5-8,10H2,1H3,(H,21,22);1H. The lowest BCUT2D eigenvalue weighted by Crippen LogP contribution is -2.53. The van der Waals surface area contributed by atoms with Crippen LogP contribution in [0.15, 0.2) is 33.2 Å². The highest BCUT2D eigenvalue weighted by atomic mass is 127. The maximum atomic E-state index is 12.7. The molecule has 2 aromatic heterocycles. The third kappa shape index (κ3) is 6.07. The number of thiazole rings is 1. The molecule has 160 valence electrons. The number of aliphatic imine (C=N–C) groups is 1. The second-order valence-electron chi connectivity index (χ2n) is 6.05. The fourth-order valence-electron chi connectivity index (χ4n) is 2.76. The van der Waals surface area contributed by atoms with Crippen LogP contribution in [-0.2, 0) is 12.7 Å². The number of nitrogens with zero attached hydrogens (tertiary/aromatic N) is 4. The van der Waals surface area contributed by atoms with Gasteiger partial charge in [-0.25, -0.2) is 9.98 Å². The van der Waals surface area contributed by atoms with E-state index in [1.807, 2.05) is 11.8 Å². The minimum Gasteiger partial charge on any atom is -0.459 e. The summed E-state index contributed by atoms with van der Waals surface area (Å²) in [4.78, 5) is 24.0. The van der Waals surface area contributed by atoms with Crippen LogP contribution in [0.1, 0.15) is 28.2 Å². The Kier molecular flexibility index (Phi) is 8.31. The highest BCUT2D eigenvalue weighted by molar-refractivity contribution is 14.0. The molecular formula is C17H21F3IN5O2S. The quantitative estimate of drug-likeness (QED) is 0.364. The van der Waals surface area contributed by atoms with Gasteiger partial charge >= 0.3 is 6.18 Å². The molecule has 0 aliphatic carbocycles. The van der Waals surface area contributed by atoms with Gasteiger partial charge in [-0.15, -0.1) is 35.3 Å². The first kappa shape index (κ1) is 23.4. The molecule has 29 heavy (non-hydrogen) atoms. The number of rotatable bonds is 4. The Balaban J connectivity index is 0.00000300. The van der Waals surface area contributed by atoms with E-state index in [9.17, 15) is 18.0 Å². The molecule has 1 amide bonds. The maximum absolute atomic E-state index is 12.7. The molecule has 0 unspecified atom stereocenters. The molecule has 0 saturated carbocycles. The molecular weight excluding hydrogens is 522 g/mol. The SMILES string of the molecule is CCNC(=NCc1nc(C(F)(F)F)cs1)N1CCN(C(=O)c2ccco2)CC1.I. The summed E-state index contributed by atoms with van der Waals surface area (Å²) in [6, 6.07) is 3.30. The van der Waals surface area contributed by atoms with Crippen molar-refractivity contribution in [3.8, 4) is 0 Å². The molecule has 2 aromatic rings. The smallest absolute Gasteiger partial charge is 0.434 e. The lowest BCUT2D eigenvalue weighted by atomic mass is 10.3. The number of carbonyl (C=O) groups excluding carboxylic acids is 1. The molecule has 0 atom stereocenters. The van der Waals surface area contributed by atoms with E-state index in [0.717, 1.165) is 16.7 Å². The predicted molar refractivity (Wildman–Crippen MR) is 114 cm³/mol. The van der Waals surface area contributed by atoms with Gasteiger partial charge in [-0.05, 0) is 19.1 Å². The van der Waals surface area contributed by atoms with Crippen molar-refractivity contribution in [1.82, 2.24) is 20.1 Å². The predicted octanol–water partition coefficient (Wildman–Crippen LogP) is 3.30. The summed E-state index contributed by atoms with van der Waals surface area (Å²) in [5.74, 6) is 0.740. The summed E-state index contributed by atoms with van der Waals surface area (Å²) >= 11 is 0.938. The third-order valence-electron chi connectivity index (χ3n) is 4.14. The Morgan fingerprint density at radius 2 is 2.00 bits per heavy atom. The van der Waals surface area contributed by atoms with Crippen LogP contribution < -0.4 is 5.32 Å². The van der Waals surface area contributed by atoms with Gasteiger partial charge in [-0.3, -0.25) is 4.79 Å². The second kappa shape index (κ2) is 10.3. The minimum atomic E-state index is -4.44. The van der Waals surface area contributed by atoms with Gasteiger partial charge in [0.25, 0.3) is 5.91 Å². The number of hydrogen-bond donors (Lipinski definition) is 1. The largest absolute Gasteiger partial charge is 0.459 e. The number of carbonyl (C=O) groups is 1. The Morgan fingerprint density at radius 3 is 2.55 bits per heavy atom. The topological polar surface area (TPSA) is 74.0 Å². The Labute approximate surface area is 187 Å². The number of amides is 1. The first-order valence-corrected chi connectivity index (χ1v) is 9.64. The van der Waals surface area contributed by atoms with Gasteiger partial charge in [-0.1, -0.05) is 0 Å². The van der Waals surface area contributed by atoms with Gasteiger partial charge in [0.05, 0.1) is 12.8 Å². The molecule has 1 fully saturated rings. The average molecular weight is 543 g/mol. The summed E-state index contributed by atoms with van der Waals surface area (Å²) in [5.41, 5.74) is -0.891. The van der Waals surface area contributed by atoms with E-state index in [4.69, 9.17) is 4.42 Å². The van der Waals surface area contributed by atoms with Gasteiger partial charge in [0.15, 0.2) is 17.4 Å². The molecule has 1 N–H and O–H groups in total. The van der Waals surface area contributed by atoms with Crippen molar-refractivity contribution < 1.29 is 22.4 Å². The highest BCUT2D eigenvalue weighted by Gasteiger charge is 2.33. The van der Waals surface area contributed by atoms with Gasteiger partial charge in [0.1, 0.15) is 5.01 Å². The molecule has 0 spiro atoms. The van der Waals surface area contributed by atoms with E-state index < -0.39 is 11.9 Å². The van der Waals surface area contributed by atoms with Crippen molar-refractivity contribution in [1.29, 1.82) is 0 Å². The minimum absolute atomic E-state index is 0. The van der Waals surface area contributed by atoms with Crippen molar-refractivity contribution in [2.75, 3.05) is 32.7 Å². The fourth-order valence-corrected chi connectivity index (χ4v) is 3.48. The van der Waals surface area contributed by atoms with Crippen LogP contribution in [0.25, 0.3) is 0 Å². The van der Waals surface area contributed by atoms with E-state index in [1.54, 1.807) is 17.0 Å². The van der Waals surface area contributed by atoms with E-state index >= 15 is 0 Å². The van der Waals surface area contributed by atoms with E-state index in [-0.39, 0.29) is 36.4 Å². The molecule has 0 radical (unpaired) electrons. The van der Waals surface area contributed by atoms with Gasteiger partial charge in [0.2, 0.25) is 0 Å². The zero-order valence-corrected chi connectivity index (χ0v) is 18.8. The van der Waals surface area contributed by atoms with Crippen LogP contribution in [0.3, 0.4) is 0 Å². The first-order valence-electron chi connectivity index (χ1n) is 8.76. The van der Waals surface area contributed by atoms with Crippen LogP contribution in [0.4, 0.5) is 13.2 Å². The number of piperazine rings is 1. The summed E-state index contributed by atoms with van der Waals surface area (Å²) in [7, 11) is 0. The Bertz CT molecular complexity index is 817. The zero-order chi connectivity index (χ0) is 20.1. The molecule has 3 heterocycles. The molecule has 1 aliphatic rings. The Hall–Kier alpha value is -1.83. The summed E-state index contributed by atoms with van der Waals surface area (Å²) in [6.07, 6.45) is -2.98. The number of halogens is 4. The highest BCUT2D eigenvalue weighted by Crippen LogP contribution is 2.30.